The van der Waals surface area contributed by atoms with Gasteiger partial charge in [0.25, 0.3) is 0 Å². The summed E-state index contributed by atoms with van der Waals surface area (Å²) >= 11 is 0. The highest BCUT2D eigenvalue weighted by molar-refractivity contribution is 5.88. The van der Waals surface area contributed by atoms with E-state index in [-0.39, 0.29) is 6.61 Å². The molecule has 5 nitrogen and oxygen atoms in total. The highest BCUT2D eigenvalue weighted by Crippen LogP contribution is 2.42. The van der Waals surface area contributed by atoms with Crippen molar-refractivity contribution < 1.29 is 9.53 Å². The number of imidazole rings is 1. The van der Waals surface area contributed by atoms with Gasteiger partial charge in [-0.1, -0.05) is 121 Å². The summed E-state index contributed by atoms with van der Waals surface area (Å²) in [4.78, 5) is 21.8. The summed E-state index contributed by atoms with van der Waals surface area (Å²) in [5, 5.41) is 0. The molecule has 0 atom stereocenters. The van der Waals surface area contributed by atoms with Gasteiger partial charge < -0.3 is 9.30 Å². The standard InChI is InChI=1S/C35H27N3O2/c39-33(40-25-27-13-5-1-6-14-27)22-21-28-23-32-34(36-24-28)37-26-38(32)35(29-15-7-2-8-16-29,30-17-9-3-10-18-30)31-19-11-4-12-20-31/h1-24,26H,25H2/b22-21+. The minimum Gasteiger partial charge on any atom is -0.458 e. The van der Waals surface area contributed by atoms with Gasteiger partial charge in [-0.2, -0.15) is 0 Å². The SMILES string of the molecule is O=C(/C=C/c1cnc2ncn(C(c3ccccc3)(c3ccccc3)c3ccccc3)c2c1)OCc1ccccc1. The van der Waals surface area contributed by atoms with Crippen molar-refractivity contribution >= 4 is 23.2 Å². The fourth-order valence-electron chi connectivity index (χ4n) is 5.17. The Labute approximate surface area is 233 Å². The molecule has 0 saturated heterocycles. The van der Waals surface area contributed by atoms with E-state index < -0.39 is 11.5 Å². The third-order valence-electron chi connectivity index (χ3n) is 7.00. The van der Waals surface area contributed by atoms with Crippen molar-refractivity contribution in [2.75, 3.05) is 0 Å². The van der Waals surface area contributed by atoms with Crippen LogP contribution < -0.4 is 0 Å². The fraction of sp³-hybridized carbons (Fsp3) is 0.0571. The van der Waals surface area contributed by atoms with E-state index in [1.165, 1.54) is 6.08 Å². The predicted molar refractivity (Wildman–Crippen MR) is 157 cm³/mol. The number of hydrogen-bond acceptors (Lipinski definition) is 4. The van der Waals surface area contributed by atoms with Crippen LogP contribution in [-0.2, 0) is 21.7 Å². The third kappa shape index (κ3) is 4.81. The van der Waals surface area contributed by atoms with Crippen molar-refractivity contribution in [1.29, 1.82) is 0 Å². The average Bonchev–Trinajstić information content (AvgIpc) is 3.45. The van der Waals surface area contributed by atoms with E-state index in [1.807, 2.05) is 60.9 Å². The molecule has 2 heterocycles. The monoisotopic (exact) mass is 521 g/mol. The molecule has 194 valence electrons. The van der Waals surface area contributed by atoms with Gasteiger partial charge in [0.2, 0.25) is 0 Å². The van der Waals surface area contributed by atoms with Crippen LogP contribution >= 0.6 is 0 Å². The number of rotatable bonds is 8. The van der Waals surface area contributed by atoms with Gasteiger partial charge in [-0.3, -0.25) is 0 Å². The zero-order valence-electron chi connectivity index (χ0n) is 21.8. The van der Waals surface area contributed by atoms with Crippen LogP contribution in [0.4, 0.5) is 0 Å². The predicted octanol–water partition coefficient (Wildman–Crippen LogP) is 7.03. The first-order valence-corrected chi connectivity index (χ1v) is 13.1. The van der Waals surface area contributed by atoms with E-state index in [9.17, 15) is 4.79 Å². The summed E-state index contributed by atoms with van der Waals surface area (Å²) in [7, 11) is 0. The molecular weight excluding hydrogens is 494 g/mol. The molecule has 4 aromatic carbocycles. The van der Waals surface area contributed by atoms with E-state index in [0.717, 1.165) is 33.3 Å². The summed E-state index contributed by atoms with van der Waals surface area (Å²) in [6.07, 6.45) is 6.74. The Morgan fingerprint density at radius 3 is 1.80 bits per heavy atom. The molecule has 0 radical (unpaired) electrons. The summed E-state index contributed by atoms with van der Waals surface area (Å²) in [6.45, 7) is 0.224. The van der Waals surface area contributed by atoms with E-state index >= 15 is 0 Å². The minimum atomic E-state index is -0.711. The Bertz CT molecular complexity index is 1650. The zero-order valence-corrected chi connectivity index (χ0v) is 21.8. The number of fused-ring (bicyclic) bond motifs is 1. The number of aromatic nitrogens is 3. The molecule has 0 fully saturated rings. The van der Waals surface area contributed by atoms with Crippen LogP contribution in [0.1, 0.15) is 27.8 Å². The number of nitrogens with zero attached hydrogens (tertiary/aromatic N) is 3. The molecule has 0 saturated carbocycles. The highest BCUT2D eigenvalue weighted by atomic mass is 16.5. The van der Waals surface area contributed by atoms with Gasteiger partial charge >= 0.3 is 5.97 Å². The number of carbonyl (C=O) groups is 1. The number of ether oxygens (including phenoxy) is 1. The van der Waals surface area contributed by atoms with E-state index in [1.54, 1.807) is 12.3 Å². The lowest BCUT2D eigenvalue weighted by Crippen LogP contribution is -2.37. The third-order valence-corrected chi connectivity index (χ3v) is 7.00. The van der Waals surface area contributed by atoms with Crippen molar-refractivity contribution in [2.45, 2.75) is 12.1 Å². The molecule has 0 aliphatic rings. The average molecular weight is 522 g/mol. The number of pyridine rings is 1. The second-order valence-corrected chi connectivity index (χ2v) is 9.46. The van der Waals surface area contributed by atoms with Gasteiger partial charge in [0.05, 0.1) is 11.8 Å². The van der Waals surface area contributed by atoms with Gasteiger partial charge in [-0.25, -0.2) is 14.8 Å². The Morgan fingerprint density at radius 2 is 1.25 bits per heavy atom. The van der Waals surface area contributed by atoms with Gasteiger partial charge in [0.15, 0.2) is 5.65 Å². The molecule has 0 N–H and O–H groups in total. The molecule has 0 bridgehead atoms. The van der Waals surface area contributed by atoms with Crippen LogP contribution in [0.3, 0.4) is 0 Å². The van der Waals surface area contributed by atoms with Crippen LogP contribution in [-0.4, -0.2) is 20.5 Å². The van der Waals surface area contributed by atoms with Crippen molar-refractivity contribution in [2.24, 2.45) is 0 Å². The highest BCUT2D eigenvalue weighted by Gasteiger charge is 2.39. The number of carbonyl (C=O) groups excluding carboxylic acids is 1. The molecule has 40 heavy (non-hydrogen) atoms. The molecule has 0 unspecified atom stereocenters. The van der Waals surface area contributed by atoms with Crippen LogP contribution in [0.25, 0.3) is 17.2 Å². The first kappa shape index (κ1) is 25.0. The smallest absolute Gasteiger partial charge is 0.331 e. The van der Waals surface area contributed by atoms with Crippen molar-refractivity contribution in [1.82, 2.24) is 14.5 Å². The Hall–Kier alpha value is -5.29. The van der Waals surface area contributed by atoms with Gasteiger partial charge in [-0.15, -0.1) is 0 Å². The maximum Gasteiger partial charge on any atom is 0.331 e. The van der Waals surface area contributed by atoms with E-state index in [0.29, 0.717) is 5.65 Å². The lowest BCUT2D eigenvalue weighted by Gasteiger charge is -2.37. The van der Waals surface area contributed by atoms with Crippen LogP contribution in [0.15, 0.2) is 146 Å². The maximum atomic E-state index is 12.4. The quantitative estimate of drug-likeness (QED) is 0.123. The molecule has 0 aliphatic heterocycles. The van der Waals surface area contributed by atoms with Crippen molar-refractivity contribution in [3.63, 3.8) is 0 Å². The second-order valence-electron chi connectivity index (χ2n) is 9.46. The molecule has 5 heteroatoms. The molecule has 6 rings (SSSR count). The lowest BCUT2D eigenvalue weighted by atomic mass is 9.76. The van der Waals surface area contributed by atoms with Crippen LogP contribution in [0.2, 0.25) is 0 Å². The summed E-state index contributed by atoms with van der Waals surface area (Å²) in [5.74, 6) is -0.412. The Balaban J connectivity index is 1.45. The van der Waals surface area contributed by atoms with Crippen molar-refractivity contribution in [3.05, 3.63) is 174 Å². The van der Waals surface area contributed by atoms with Crippen molar-refractivity contribution in [3.8, 4) is 0 Å². The number of benzene rings is 4. The normalized spacial score (nSPS) is 11.6. The summed E-state index contributed by atoms with van der Waals surface area (Å²) in [6, 6.07) is 42.9. The molecule has 0 aliphatic carbocycles. The molecule has 2 aromatic heterocycles. The topological polar surface area (TPSA) is 57.0 Å². The first-order chi connectivity index (χ1) is 19.7. The van der Waals surface area contributed by atoms with E-state index in [2.05, 4.69) is 82.3 Å². The Kier molecular flexibility index (Phi) is 7.01. The largest absolute Gasteiger partial charge is 0.458 e. The summed E-state index contributed by atoms with van der Waals surface area (Å²) < 4.78 is 7.59. The molecular formula is C35H27N3O2. The van der Waals surface area contributed by atoms with Gasteiger partial charge in [0.1, 0.15) is 12.1 Å². The number of esters is 1. The number of hydrogen-bond donors (Lipinski definition) is 0. The van der Waals surface area contributed by atoms with Gasteiger partial charge in [-0.05, 0) is 40.0 Å². The fourth-order valence-corrected chi connectivity index (χ4v) is 5.17. The molecule has 0 amide bonds. The van der Waals surface area contributed by atoms with Crippen LogP contribution in [0.5, 0.6) is 0 Å². The first-order valence-electron chi connectivity index (χ1n) is 13.1. The van der Waals surface area contributed by atoms with Gasteiger partial charge in [0, 0.05) is 12.3 Å². The lowest BCUT2D eigenvalue weighted by molar-refractivity contribution is -0.138. The van der Waals surface area contributed by atoms with Crippen LogP contribution in [0, 0.1) is 0 Å². The molecule has 0 spiro atoms. The maximum absolute atomic E-state index is 12.4. The molecule has 6 aromatic rings. The minimum absolute atomic E-state index is 0.224. The second kappa shape index (κ2) is 11.2. The zero-order chi connectivity index (χ0) is 27.2. The van der Waals surface area contributed by atoms with E-state index in [4.69, 9.17) is 9.72 Å². The summed E-state index contributed by atoms with van der Waals surface area (Å²) in [5.41, 5.74) is 5.75. The Morgan fingerprint density at radius 1 is 0.725 bits per heavy atom.